The van der Waals surface area contributed by atoms with Gasteiger partial charge in [-0.3, -0.25) is 0 Å². The van der Waals surface area contributed by atoms with Gasteiger partial charge in [0.25, 0.3) is 0 Å². The van der Waals surface area contributed by atoms with Gasteiger partial charge in [-0.25, -0.2) is 13.4 Å². The zero-order chi connectivity index (χ0) is 14.8. The molecule has 1 aliphatic carbocycles. The summed E-state index contributed by atoms with van der Waals surface area (Å²) < 4.78 is 31.2. The number of hydrogen-bond acceptors (Lipinski definition) is 5. The van der Waals surface area contributed by atoms with Crippen LogP contribution in [0.1, 0.15) is 12.8 Å². The summed E-state index contributed by atoms with van der Waals surface area (Å²) in [5.41, 5.74) is 5.47. The number of halogens is 1. The van der Waals surface area contributed by atoms with Gasteiger partial charge in [0.15, 0.2) is 0 Å². The molecule has 0 unspecified atom stereocenters. The number of anilines is 1. The maximum Gasteiger partial charge on any atom is 0.244 e. The van der Waals surface area contributed by atoms with Crippen LogP contribution in [-0.2, 0) is 14.8 Å². The van der Waals surface area contributed by atoms with Crippen LogP contribution in [0.2, 0.25) is 5.02 Å². The Kier molecular flexibility index (Phi) is 4.85. The number of sulfonamides is 1. The van der Waals surface area contributed by atoms with Gasteiger partial charge in [-0.15, -0.1) is 0 Å². The number of rotatable bonds is 7. The van der Waals surface area contributed by atoms with Crippen molar-refractivity contribution in [2.45, 2.75) is 17.7 Å². The molecule has 0 atom stereocenters. The van der Waals surface area contributed by atoms with E-state index in [1.807, 2.05) is 0 Å². The van der Waals surface area contributed by atoms with E-state index in [1.54, 1.807) is 0 Å². The molecule has 20 heavy (non-hydrogen) atoms. The van der Waals surface area contributed by atoms with Gasteiger partial charge < -0.3 is 10.5 Å². The molecule has 0 aromatic carbocycles. The predicted octanol–water partition coefficient (Wildman–Crippen LogP) is 1.36. The molecule has 1 aromatic heterocycles. The summed E-state index contributed by atoms with van der Waals surface area (Å²) in [5.74, 6) is 0.776. The van der Waals surface area contributed by atoms with Crippen LogP contribution in [0.3, 0.4) is 0 Å². The second-order valence-electron chi connectivity index (χ2n) is 4.88. The van der Waals surface area contributed by atoms with Gasteiger partial charge in [0.05, 0.1) is 11.6 Å². The van der Waals surface area contributed by atoms with E-state index in [1.165, 1.54) is 36.5 Å². The number of nitrogens with two attached hydrogens (primary N) is 1. The summed E-state index contributed by atoms with van der Waals surface area (Å²) in [6.07, 6.45) is 3.63. The van der Waals surface area contributed by atoms with Crippen molar-refractivity contribution in [3.05, 3.63) is 17.3 Å². The Morgan fingerprint density at radius 2 is 2.25 bits per heavy atom. The van der Waals surface area contributed by atoms with Crippen LogP contribution in [0.5, 0.6) is 0 Å². The quantitative estimate of drug-likeness (QED) is 0.767. The second-order valence-corrected chi connectivity index (χ2v) is 7.34. The van der Waals surface area contributed by atoms with Crippen LogP contribution < -0.4 is 5.73 Å². The van der Waals surface area contributed by atoms with Gasteiger partial charge in [0.2, 0.25) is 10.0 Å². The normalized spacial score (nSPS) is 15.8. The monoisotopic (exact) mass is 319 g/mol. The number of ether oxygens (including phenoxy) is 1. The highest BCUT2D eigenvalue weighted by Gasteiger charge is 2.23. The SMILES string of the molecule is CN(CCOCC1CC1)S(=O)(=O)c1cnc(N)c(Cl)c1. The maximum absolute atomic E-state index is 12.3. The Bertz CT molecular complexity index is 575. The molecule has 112 valence electrons. The van der Waals surface area contributed by atoms with Gasteiger partial charge in [-0.05, 0) is 24.8 Å². The number of likely N-dealkylation sites (N-methyl/N-ethyl adjacent to an activating group) is 1. The molecular weight excluding hydrogens is 302 g/mol. The third-order valence-corrected chi connectivity index (χ3v) is 5.28. The molecule has 8 heteroatoms. The highest BCUT2D eigenvalue weighted by atomic mass is 35.5. The summed E-state index contributed by atoms with van der Waals surface area (Å²) in [4.78, 5) is 3.79. The lowest BCUT2D eigenvalue weighted by Gasteiger charge is -2.17. The first kappa shape index (κ1) is 15.5. The lowest BCUT2D eigenvalue weighted by molar-refractivity contribution is 0.117. The van der Waals surface area contributed by atoms with Crippen LogP contribution in [0.4, 0.5) is 5.82 Å². The molecule has 1 aliphatic rings. The van der Waals surface area contributed by atoms with Gasteiger partial charge in [0, 0.05) is 26.4 Å². The lowest BCUT2D eigenvalue weighted by atomic mass is 10.5. The molecule has 1 fully saturated rings. The summed E-state index contributed by atoms with van der Waals surface area (Å²) >= 11 is 5.80. The summed E-state index contributed by atoms with van der Waals surface area (Å²) in [6, 6.07) is 1.31. The number of aromatic nitrogens is 1. The van der Waals surface area contributed by atoms with E-state index in [-0.39, 0.29) is 22.3 Å². The van der Waals surface area contributed by atoms with Crippen molar-refractivity contribution in [3.63, 3.8) is 0 Å². The molecule has 0 bridgehead atoms. The smallest absolute Gasteiger partial charge is 0.244 e. The first-order valence-corrected chi connectivity index (χ1v) is 8.18. The summed E-state index contributed by atoms with van der Waals surface area (Å²) in [7, 11) is -2.11. The fourth-order valence-corrected chi connectivity index (χ4v) is 2.96. The summed E-state index contributed by atoms with van der Waals surface area (Å²) in [5, 5.41) is 0.129. The van der Waals surface area contributed by atoms with E-state index in [4.69, 9.17) is 22.1 Å². The molecule has 0 amide bonds. The highest BCUT2D eigenvalue weighted by molar-refractivity contribution is 7.89. The van der Waals surface area contributed by atoms with Crippen molar-refractivity contribution in [1.29, 1.82) is 0 Å². The average molecular weight is 320 g/mol. The molecule has 2 N–H and O–H groups in total. The van der Waals surface area contributed by atoms with Crippen LogP contribution in [-0.4, -0.2) is 44.5 Å². The Hall–Kier alpha value is -0.890. The second kappa shape index (κ2) is 6.26. The maximum atomic E-state index is 12.3. The van der Waals surface area contributed by atoms with Crippen molar-refractivity contribution in [3.8, 4) is 0 Å². The first-order valence-electron chi connectivity index (χ1n) is 6.36. The third kappa shape index (κ3) is 3.82. The third-order valence-electron chi connectivity index (χ3n) is 3.15. The van der Waals surface area contributed by atoms with Crippen molar-refractivity contribution in [2.24, 2.45) is 5.92 Å². The fraction of sp³-hybridized carbons (Fsp3) is 0.583. The van der Waals surface area contributed by atoms with E-state index >= 15 is 0 Å². The van der Waals surface area contributed by atoms with Crippen LogP contribution in [0, 0.1) is 5.92 Å². The number of pyridine rings is 1. The summed E-state index contributed by atoms with van der Waals surface area (Å²) in [6.45, 7) is 1.38. The van der Waals surface area contributed by atoms with Crippen LogP contribution >= 0.6 is 11.6 Å². The molecule has 1 heterocycles. The zero-order valence-corrected chi connectivity index (χ0v) is 12.8. The molecule has 0 aliphatic heterocycles. The standard InChI is InChI=1S/C12H18ClN3O3S/c1-16(4-5-19-8-9-2-3-9)20(17,18)10-6-11(13)12(14)15-7-10/h6-7,9H,2-5,8H2,1H3,(H2,14,15). The van der Waals surface area contributed by atoms with Crippen molar-refractivity contribution < 1.29 is 13.2 Å². The van der Waals surface area contributed by atoms with E-state index in [0.29, 0.717) is 19.1 Å². The Morgan fingerprint density at radius 1 is 1.55 bits per heavy atom. The number of nitrogens with zero attached hydrogens (tertiary/aromatic N) is 2. The minimum Gasteiger partial charge on any atom is -0.382 e. The van der Waals surface area contributed by atoms with Crippen molar-refractivity contribution >= 4 is 27.4 Å². The fourth-order valence-electron chi connectivity index (χ4n) is 1.60. The number of nitrogen functional groups attached to an aromatic ring is 1. The van der Waals surface area contributed by atoms with E-state index < -0.39 is 10.0 Å². The topological polar surface area (TPSA) is 85.5 Å². The number of hydrogen-bond donors (Lipinski definition) is 1. The molecule has 6 nitrogen and oxygen atoms in total. The zero-order valence-electron chi connectivity index (χ0n) is 11.3. The molecule has 1 aromatic rings. The van der Waals surface area contributed by atoms with Crippen LogP contribution in [0.25, 0.3) is 0 Å². The molecule has 0 radical (unpaired) electrons. The Balaban J connectivity index is 1.94. The molecular formula is C12H18ClN3O3S. The van der Waals surface area contributed by atoms with Gasteiger partial charge in [-0.2, -0.15) is 4.31 Å². The van der Waals surface area contributed by atoms with Gasteiger partial charge in [0.1, 0.15) is 10.7 Å². The van der Waals surface area contributed by atoms with Crippen molar-refractivity contribution in [1.82, 2.24) is 9.29 Å². The van der Waals surface area contributed by atoms with E-state index in [9.17, 15) is 8.42 Å². The molecule has 1 saturated carbocycles. The largest absolute Gasteiger partial charge is 0.382 e. The molecule has 2 rings (SSSR count). The minimum absolute atomic E-state index is 0.0291. The Labute approximate surface area is 123 Å². The predicted molar refractivity (Wildman–Crippen MR) is 77.0 cm³/mol. The highest BCUT2D eigenvalue weighted by Crippen LogP contribution is 2.28. The van der Waals surface area contributed by atoms with E-state index in [2.05, 4.69) is 4.98 Å². The van der Waals surface area contributed by atoms with Gasteiger partial charge in [-0.1, -0.05) is 11.6 Å². The van der Waals surface area contributed by atoms with Crippen LogP contribution in [0.15, 0.2) is 17.2 Å². The first-order chi connectivity index (χ1) is 9.41. The Morgan fingerprint density at radius 3 is 2.85 bits per heavy atom. The molecule has 0 spiro atoms. The van der Waals surface area contributed by atoms with Crippen molar-refractivity contribution in [2.75, 3.05) is 32.5 Å². The minimum atomic E-state index is -3.61. The average Bonchev–Trinajstić information content (AvgIpc) is 3.21. The molecule has 0 saturated heterocycles. The van der Waals surface area contributed by atoms with Gasteiger partial charge >= 0.3 is 0 Å². The lowest BCUT2D eigenvalue weighted by Crippen LogP contribution is -2.30. The van der Waals surface area contributed by atoms with E-state index in [0.717, 1.165) is 0 Å².